The van der Waals surface area contributed by atoms with Crippen LogP contribution in [0.15, 0.2) is 29.2 Å². The van der Waals surface area contributed by atoms with Gasteiger partial charge in [0.25, 0.3) is 5.91 Å². The van der Waals surface area contributed by atoms with Gasteiger partial charge in [-0.25, -0.2) is 13.1 Å². The van der Waals surface area contributed by atoms with E-state index in [0.717, 1.165) is 38.5 Å². The molecule has 0 aromatic heterocycles. The van der Waals surface area contributed by atoms with Gasteiger partial charge in [-0.3, -0.25) is 4.79 Å². The Labute approximate surface area is 156 Å². The largest absolute Gasteiger partial charge is 0.334 e. The maximum Gasteiger partial charge on any atom is 0.254 e. The van der Waals surface area contributed by atoms with Crippen LogP contribution in [0.4, 0.5) is 0 Å². The van der Waals surface area contributed by atoms with Crippen LogP contribution >= 0.6 is 0 Å². The zero-order valence-electron chi connectivity index (χ0n) is 15.4. The summed E-state index contributed by atoms with van der Waals surface area (Å²) in [5, 5.41) is 0. The first-order chi connectivity index (χ1) is 12.4. The van der Waals surface area contributed by atoms with Gasteiger partial charge in [-0.1, -0.05) is 25.8 Å². The van der Waals surface area contributed by atoms with Gasteiger partial charge >= 0.3 is 0 Å². The molecule has 1 saturated carbocycles. The number of nitrogens with zero attached hydrogens (tertiary/aromatic N) is 1. The lowest BCUT2D eigenvalue weighted by Crippen LogP contribution is -2.49. The first-order valence-electron chi connectivity index (χ1n) is 9.54. The Morgan fingerprint density at radius 2 is 2.00 bits per heavy atom. The summed E-state index contributed by atoms with van der Waals surface area (Å²) in [4.78, 5) is 14.9. The van der Waals surface area contributed by atoms with E-state index in [1.807, 2.05) is 0 Å². The van der Waals surface area contributed by atoms with Crippen molar-refractivity contribution in [3.05, 3.63) is 29.8 Å². The number of hydrogen-bond acceptors (Lipinski definition) is 4. The first kappa shape index (κ1) is 19.3. The Bertz CT molecular complexity index is 744. The Kier molecular flexibility index (Phi) is 5.99. The molecule has 2 unspecified atom stereocenters. The van der Waals surface area contributed by atoms with Crippen molar-refractivity contribution >= 4 is 15.9 Å². The van der Waals surface area contributed by atoms with Gasteiger partial charge in [-0.2, -0.15) is 0 Å². The molecule has 7 heteroatoms. The van der Waals surface area contributed by atoms with E-state index in [1.165, 1.54) is 6.07 Å². The molecule has 2 aliphatic rings. The number of likely N-dealkylation sites (tertiary alicyclic amines) is 1. The Morgan fingerprint density at radius 1 is 1.27 bits per heavy atom. The van der Waals surface area contributed by atoms with Gasteiger partial charge in [0.1, 0.15) is 0 Å². The highest BCUT2D eigenvalue weighted by molar-refractivity contribution is 7.89. The topological polar surface area (TPSA) is 92.5 Å². The van der Waals surface area contributed by atoms with Gasteiger partial charge in [0, 0.05) is 30.7 Å². The van der Waals surface area contributed by atoms with Gasteiger partial charge in [0.2, 0.25) is 10.0 Å². The van der Waals surface area contributed by atoms with Crippen molar-refractivity contribution in [3.8, 4) is 0 Å². The fraction of sp³-hybridized carbons (Fsp3) is 0.632. The minimum absolute atomic E-state index is 0.00422. The van der Waals surface area contributed by atoms with E-state index >= 15 is 0 Å². The van der Waals surface area contributed by atoms with E-state index in [0.29, 0.717) is 24.6 Å². The highest BCUT2D eigenvalue weighted by atomic mass is 32.2. The minimum Gasteiger partial charge on any atom is -0.334 e. The number of carbonyl (C=O) groups is 1. The maximum atomic E-state index is 13.0. The molecule has 1 aromatic rings. The molecule has 1 aromatic carbocycles. The SMILES string of the molecule is CC1CCN(C(=O)c2cccc(S(=O)(=O)NC3CCCC3)c2)C(CN)C1. The molecule has 26 heavy (non-hydrogen) atoms. The normalized spacial score (nSPS) is 24.8. The third-order valence-corrected chi connectivity index (χ3v) is 7.10. The molecule has 2 fully saturated rings. The van der Waals surface area contributed by atoms with Crippen LogP contribution in [0.3, 0.4) is 0 Å². The fourth-order valence-electron chi connectivity index (χ4n) is 4.04. The van der Waals surface area contributed by atoms with Crippen molar-refractivity contribution in [2.45, 2.75) is 62.4 Å². The predicted octanol–water partition coefficient (Wildman–Crippen LogP) is 2.11. The van der Waals surface area contributed by atoms with E-state index in [1.54, 1.807) is 23.1 Å². The van der Waals surface area contributed by atoms with Crippen LogP contribution in [-0.2, 0) is 10.0 Å². The number of carbonyl (C=O) groups excluding carboxylic acids is 1. The molecule has 0 radical (unpaired) electrons. The average molecular weight is 380 g/mol. The fourth-order valence-corrected chi connectivity index (χ4v) is 5.39. The summed E-state index contributed by atoms with van der Waals surface area (Å²) in [7, 11) is -3.60. The standard InChI is InChI=1S/C19H29N3O3S/c1-14-9-10-22(17(11-14)13-20)19(23)15-5-4-8-18(12-15)26(24,25)21-16-6-2-3-7-16/h4-5,8,12,14,16-17,21H,2-3,6-7,9-11,13,20H2,1H3. The number of benzene rings is 1. The summed E-state index contributed by atoms with van der Waals surface area (Å²) in [6.45, 7) is 3.27. The molecule has 0 bridgehead atoms. The Balaban J connectivity index is 1.78. The highest BCUT2D eigenvalue weighted by Crippen LogP contribution is 2.25. The second-order valence-corrected chi connectivity index (χ2v) is 9.36. The quantitative estimate of drug-likeness (QED) is 0.819. The van der Waals surface area contributed by atoms with Gasteiger partial charge in [0.05, 0.1) is 4.90 Å². The van der Waals surface area contributed by atoms with Crippen molar-refractivity contribution in [2.24, 2.45) is 11.7 Å². The van der Waals surface area contributed by atoms with Gasteiger partial charge in [-0.05, 0) is 49.8 Å². The molecule has 1 aliphatic heterocycles. The summed E-state index contributed by atoms with van der Waals surface area (Å²) in [5.41, 5.74) is 6.27. The maximum absolute atomic E-state index is 13.0. The van der Waals surface area contributed by atoms with E-state index < -0.39 is 10.0 Å². The molecule has 1 heterocycles. The van der Waals surface area contributed by atoms with E-state index in [2.05, 4.69) is 11.6 Å². The molecule has 0 spiro atoms. The number of amides is 1. The number of hydrogen-bond donors (Lipinski definition) is 2. The molecule has 1 amide bonds. The van der Waals surface area contributed by atoms with Crippen LogP contribution < -0.4 is 10.5 Å². The van der Waals surface area contributed by atoms with Crippen LogP contribution in [0.2, 0.25) is 0 Å². The highest BCUT2D eigenvalue weighted by Gasteiger charge is 2.30. The summed E-state index contributed by atoms with van der Waals surface area (Å²) in [6, 6.07) is 6.38. The molecular weight excluding hydrogens is 350 g/mol. The van der Waals surface area contributed by atoms with Gasteiger partial charge in [0.15, 0.2) is 0 Å². The number of piperidine rings is 1. The zero-order valence-corrected chi connectivity index (χ0v) is 16.2. The Hall–Kier alpha value is -1.44. The van der Waals surface area contributed by atoms with Crippen LogP contribution in [0, 0.1) is 5.92 Å². The minimum atomic E-state index is -3.60. The monoisotopic (exact) mass is 379 g/mol. The summed E-state index contributed by atoms with van der Waals surface area (Å²) in [6.07, 6.45) is 5.70. The van der Waals surface area contributed by atoms with Crippen LogP contribution in [0.1, 0.15) is 55.8 Å². The molecule has 3 rings (SSSR count). The number of nitrogens with two attached hydrogens (primary N) is 1. The molecule has 1 aliphatic carbocycles. The first-order valence-corrected chi connectivity index (χ1v) is 11.0. The van der Waals surface area contributed by atoms with Crippen molar-refractivity contribution in [2.75, 3.05) is 13.1 Å². The summed E-state index contributed by atoms with van der Waals surface area (Å²) < 4.78 is 28.1. The van der Waals surface area contributed by atoms with E-state index in [-0.39, 0.29) is 22.9 Å². The predicted molar refractivity (Wildman–Crippen MR) is 101 cm³/mol. The summed E-state index contributed by atoms with van der Waals surface area (Å²) >= 11 is 0. The van der Waals surface area contributed by atoms with Crippen LogP contribution in [0.5, 0.6) is 0 Å². The third kappa shape index (κ3) is 4.27. The molecule has 144 valence electrons. The van der Waals surface area contributed by atoms with Gasteiger partial charge < -0.3 is 10.6 Å². The lowest BCUT2D eigenvalue weighted by Gasteiger charge is -2.38. The van der Waals surface area contributed by atoms with Crippen molar-refractivity contribution in [3.63, 3.8) is 0 Å². The van der Waals surface area contributed by atoms with E-state index in [4.69, 9.17) is 5.73 Å². The summed E-state index contributed by atoms with van der Waals surface area (Å²) in [5.74, 6) is 0.417. The van der Waals surface area contributed by atoms with Crippen molar-refractivity contribution in [1.82, 2.24) is 9.62 Å². The number of nitrogens with one attached hydrogen (secondary N) is 1. The molecule has 1 saturated heterocycles. The van der Waals surface area contributed by atoms with E-state index in [9.17, 15) is 13.2 Å². The smallest absolute Gasteiger partial charge is 0.254 e. The number of rotatable bonds is 5. The zero-order chi connectivity index (χ0) is 18.7. The average Bonchev–Trinajstić information content (AvgIpc) is 3.13. The molecule has 3 N–H and O–H groups in total. The van der Waals surface area contributed by atoms with Gasteiger partial charge in [-0.15, -0.1) is 0 Å². The molecule has 2 atom stereocenters. The molecule has 6 nitrogen and oxygen atoms in total. The Morgan fingerprint density at radius 3 is 2.69 bits per heavy atom. The lowest BCUT2D eigenvalue weighted by molar-refractivity contribution is 0.0573. The van der Waals surface area contributed by atoms with Crippen LogP contribution in [-0.4, -0.2) is 44.4 Å². The van der Waals surface area contributed by atoms with Crippen molar-refractivity contribution < 1.29 is 13.2 Å². The number of sulfonamides is 1. The lowest BCUT2D eigenvalue weighted by atomic mass is 9.92. The van der Waals surface area contributed by atoms with Crippen LogP contribution in [0.25, 0.3) is 0 Å². The second-order valence-electron chi connectivity index (χ2n) is 7.65. The van der Waals surface area contributed by atoms with Crippen molar-refractivity contribution in [1.29, 1.82) is 0 Å². The molecular formula is C19H29N3O3S. The third-order valence-electron chi connectivity index (χ3n) is 5.58. The second kappa shape index (κ2) is 8.06.